The molecule has 6 heteroatoms. The largest absolute Gasteiger partial charge is 0.493 e. The molecule has 1 atom stereocenters. The Morgan fingerprint density at radius 1 is 1.23 bits per heavy atom. The third-order valence-corrected chi connectivity index (χ3v) is 3.42. The highest BCUT2D eigenvalue weighted by Gasteiger charge is 2.33. The SMILES string of the molecule is COc1ccc(CC(CO)N(C(=O)O)C(C)(C)C)cc1OC. The zero-order valence-corrected chi connectivity index (χ0v) is 13.8. The van der Waals surface area contributed by atoms with Crippen molar-refractivity contribution in [2.75, 3.05) is 20.8 Å². The van der Waals surface area contributed by atoms with E-state index in [2.05, 4.69) is 0 Å². The lowest BCUT2D eigenvalue weighted by Crippen LogP contribution is -2.53. The van der Waals surface area contributed by atoms with Crippen molar-refractivity contribution in [1.29, 1.82) is 0 Å². The number of methoxy groups -OCH3 is 2. The van der Waals surface area contributed by atoms with Gasteiger partial charge in [-0.25, -0.2) is 4.79 Å². The molecular formula is C16H25NO5. The van der Waals surface area contributed by atoms with Gasteiger partial charge in [0.2, 0.25) is 0 Å². The van der Waals surface area contributed by atoms with E-state index in [1.165, 1.54) is 4.90 Å². The van der Waals surface area contributed by atoms with Crippen molar-refractivity contribution < 1.29 is 24.5 Å². The van der Waals surface area contributed by atoms with Gasteiger partial charge in [0.15, 0.2) is 11.5 Å². The molecule has 1 rings (SSSR count). The summed E-state index contributed by atoms with van der Waals surface area (Å²) < 4.78 is 10.4. The van der Waals surface area contributed by atoms with Crippen LogP contribution in [-0.4, -0.2) is 53.6 Å². The molecule has 1 amide bonds. The molecule has 0 heterocycles. The number of aliphatic hydroxyl groups excluding tert-OH is 1. The van der Waals surface area contributed by atoms with E-state index in [1.807, 2.05) is 6.07 Å². The monoisotopic (exact) mass is 311 g/mol. The Hall–Kier alpha value is -1.95. The van der Waals surface area contributed by atoms with Gasteiger partial charge in [-0.15, -0.1) is 0 Å². The predicted molar refractivity (Wildman–Crippen MR) is 83.7 cm³/mol. The molecule has 0 aliphatic rings. The number of hydrogen-bond donors (Lipinski definition) is 2. The van der Waals surface area contributed by atoms with Crippen LogP contribution in [0.4, 0.5) is 4.79 Å². The fourth-order valence-corrected chi connectivity index (χ4v) is 2.51. The number of aliphatic hydroxyl groups is 1. The van der Waals surface area contributed by atoms with Gasteiger partial charge in [0.25, 0.3) is 0 Å². The topological polar surface area (TPSA) is 79.2 Å². The molecule has 0 bridgehead atoms. The summed E-state index contributed by atoms with van der Waals surface area (Å²) in [5.41, 5.74) is 0.266. The van der Waals surface area contributed by atoms with E-state index in [0.717, 1.165) is 5.56 Å². The summed E-state index contributed by atoms with van der Waals surface area (Å²) in [6.45, 7) is 5.16. The Morgan fingerprint density at radius 2 is 1.82 bits per heavy atom. The molecule has 0 aliphatic heterocycles. The molecule has 0 aromatic heterocycles. The van der Waals surface area contributed by atoms with Gasteiger partial charge < -0.3 is 19.7 Å². The summed E-state index contributed by atoms with van der Waals surface area (Å²) in [7, 11) is 3.10. The molecule has 0 radical (unpaired) electrons. The summed E-state index contributed by atoms with van der Waals surface area (Å²) in [6.07, 6.45) is -0.660. The molecule has 1 aromatic rings. The first kappa shape index (κ1) is 18.1. The number of benzene rings is 1. The van der Waals surface area contributed by atoms with E-state index in [9.17, 15) is 15.0 Å². The van der Waals surface area contributed by atoms with E-state index in [4.69, 9.17) is 9.47 Å². The molecule has 1 aromatic carbocycles. The Morgan fingerprint density at radius 3 is 2.23 bits per heavy atom. The number of amides is 1. The zero-order valence-electron chi connectivity index (χ0n) is 13.8. The second kappa shape index (κ2) is 7.35. The smallest absolute Gasteiger partial charge is 0.408 e. The van der Waals surface area contributed by atoms with Crippen LogP contribution in [0, 0.1) is 0 Å². The average Bonchev–Trinajstić information content (AvgIpc) is 2.44. The molecular weight excluding hydrogens is 286 g/mol. The molecule has 0 aliphatic carbocycles. The summed E-state index contributed by atoms with van der Waals surface area (Å²) in [4.78, 5) is 12.8. The Bertz CT molecular complexity index is 510. The predicted octanol–water partition coefficient (Wildman–Crippen LogP) is 2.39. The van der Waals surface area contributed by atoms with E-state index < -0.39 is 17.7 Å². The van der Waals surface area contributed by atoms with Crippen LogP contribution in [0.25, 0.3) is 0 Å². The third kappa shape index (κ3) is 4.27. The standard InChI is InChI=1S/C16H25NO5/c1-16(2,3)17(15(19)20)12(10-18)8-11-6-7-13(21-4)14(9-11)22-5/h6-7,9,12,18H,8,10H2,1-5H3,(H,19,20). The molecule has 6 nitrogen and oxygen atoms in total. The Kier molecular flexibility index (Phi) is 6.05. The number of carbonyl (C=O) groups is 1. The van der Waals surface area contributed by atoms with Gasteiger partial charge >= 0.3 is 6.09 Å². The van der Waals surface area contributed by atoms with Gasteiger partial charge in [-0.1, -0.05) is 6.07 Å². The number of rotatable bonds is 6. The van der Waals surface area contributed by atoms with E-state index in [0.29, 0.717) is 17.9 Å². The maximum Gasteiger partial charge on any atom is 0.408 e. The van der Waals surface area contributed by atoms with Crippen molar-refractivity contribution >= 4 is 6.09 Å². The summed E-state index contributed by atoms with van der Waals surface area (Å²) in [5.74, 6) is 1.19. The lowest BCUT2D eigenvalue weighted by atomic mass is 9.98. The van der Waals surface area contributed by atoms with Crippen molar-refractivity contribution in [3.63, 3.8) is 0 Å². The lowest BCUT2D eigenvalue weighted by Gasteiger charge is -2.39. The highest BCUT2D eigenvalue weighted by Crippen LogP contribution is 2.29. The second-order valence-electron chi connectivity index (χ2n) is 6.05. The van der Waals surface area contributed by atoms with Crippen molar-refractivity contribution in [1.82, 2.24) is 4.90 Å². The van der Waals surface area contributed by atoms with E-state index in [1.54, 1.807) is 47.1 Å². The fraction of sp³-hybridized carbons (Fsp3) is 0.562. The van der Waals surface area contributed by atoms with Gasteiger partial charge in [0.05, 0.1) is 26.9 Å². The highest BCUT2D eigenvalue weighted by molar-refractivity contribution is 5.66. The van der Waals surface area contributed by atoms with Crippen molar-refractivity contribution in [2.24, 2.45) is 0 Å². The van der Waals surface area contributed by atoms with E-state index >= 15 is 0 Å². The van der Waals surface area contributed by atoms with Crippen LogP contribution in [0.3, 0.4) is 0 Å². The Labute approximate surface area is 131 Å². The van der Waals surface area contributed by atoms with Crippen LogP contribution in [-0.2, 0) is 6.42 Å². The van der Waals surface area contributed by atoms with Gasteiger partial charge in [-0.05, 0) is 44.9 Å². The van der Waals surface area contributed by atoms with Crippen LogP contribution in [0.1, 0.15) is 26.3 Å². The van der Waals surface area contributed by atoms with Crippen LogP contribution in [0.5, 0.6) is 11.5 Å². The van der Waals surface area contributed by atoms with Gasteiger partial charge in [-0.2, -0.15) is 0 Å². The molecule has 1 unspecified atom stereocenters. The molecule has 2 N–H and O–H groups in total. The Balaban J connectivity index is 3.05. The number of nitrogens with zero attached hydrogens (tertiary/aromatic N) is 1. The third-order valence-electron chi connectivity index (χ3n) is 3.42. The van der Waals surface area contributed by atoms with Gasteiger partial charge in [0.1, 0.15) is 0 Å². The molecule has 0 saturated heterocycles. The number of carboxylic acid groups (broad SMARTS) is 1. The maximum absolute atomic E-state index is 11.5. The molecule has 124 valence electrons. The first-order chi connectivity index (χ1) is 10.2. The minimum Gasteiger partial charge on any atom is -0.493 e. The highest BCUT2D eigenvalue weighted by atomic mass is 16.5. The quantitative estimate of drug-likeness (QED) is 0.843. The van der Waals surface area contributed by atoms with Crippen molar-refractivity contribution in [3.8, 4) is 11.5 Å². The van der Waals surface area contributed by atoms with Crippen LogP contribution < -0.4 is 9.47 Å². The average molecular weight is 311 g/mol. The van der Waals surface area contributed by atoms with Gasteiger partial charge in [-0.3, -0.25) is 4.90 Å². The molecule has 0 spiro atoms. The first-order valence-electron chi connectivity index (χ1n) is 7.08. The second-order valence-corrected chi connectivity index (χ2v) is 6.05. The minimum atomic E-state index is -1.05. The minimum absolute atomic E-state index is 0.252. The van der Waals surface area contributed by atoms with Crippen LogP contribution in [0.15, 0.2) is 18.2 Å². The maximum atomic E-state index is 11.5. The zero-order chi connectivity index (χ0) is 16.9. The van der Waals surface area contributed by atoms with Crippen LogP contribution in [0.2, 0.25) is 0 Å². The van der Waals surface area contributed by atoms with Crippen molar-refractivity contribution in [3.05, 3.63) is 23.8 Å². The molecule has 0 fully saturated rings. The molecule has 0 saturated carbocycles. The normalized spacial score (nSPS) is 12.6. The first-order valence-corrected chi connectivity index (χ1v) is 7.08. The lowest BCUT2D eigenvalue weighted by molar-refractivity contribution is 0.0465. The van der Waals surface area contributed by atoms with Crippen LogP contribution >= 0.6 is 0 Å². The van der Waals surface area contributed by atoms with Crippen molar-refractivity contribution in [2.45, 2.75) is 38.8 Å². The number of ether oxygens (including phenoxy) is 2. The summed E-state index contributed by atoms with van der Waals surface area (Å²) in [5, 5.41) is 19.1. The molecule has 22 heavy (non-hydrogen) atoms. The number of hydrogen-bond acceptors (Lipinski definition) is 4. The summed E-state index contributed by atoms with van der Waals surface area (Å²) in [6, 6.07) is 4.87. The van der Waals surface area contributed by atoms with Gasteiger partial charge in [0, 0.05) is 5.54 Å². The fourth-order valence-electron chi connectivity index (χ4n) is 2.51. The summed E-state index contributed by atoms with van der Waals surface area (Å²) >= 11 is 0. The van der Waals surface area contributed by atoms with E-state index in [-0.39, 0.29) is 6.61 Å².